The minimum Gasteiger partial charge on any atom is -0.488 e. The van der Waals surface area contributed by atoms with Gasteiger partial charge in [-0.15, -0.1) is 0 Å². The Hall–Kier alpha value is -4.62. The van der Waals surface area contributed by atoms with E-state index in [0.717, 1.165) is 22.3 Å². The smallest absolute Gasteiger partial charge is 0.307 e. The summed E-state index contributed by atoms with van der Waals surface area (Å²) in [7, 11) is 0. The van der Waals surface area contributed by atoms with Crippen molar-refractivity contribution in [2.24, 2.45) is 0 Å². The van der Waals surface area contributed by atoms with E-state index in [-0.39, 0.29) is 26.1 Å². The van der Waals surface area contributed by atoms with E-state index in [1.54, 1.807) is 36.4 Å². The Bertz CT molecular complexity index is 1530. The average molecular weight is 603 g/mol. The van der Waals surface area contributed by atoms with E-state index in [2.05, 4.69) is 23.7 Å². The molecule has 3 aromatic rings. The number of hydrogen-bond acceptors (Lipinski definition) is 4. The summed E-state index contributed by atoms with van der Waals surface area (Å²) in [5.74, 6) is 11.6. The van der Waals surface area contributed by atoms with Crippen molar-refractivity contribution in [1.82, 2.24) is 0 Å². The molecule has 0 heterocycles. The highest BCUT2D eigenvalue weighted by Crippen LogP contribution is 2.26. The highest BCUT2D eigenvalue weighted by atomic mass is 35.5. The molecule has 3 rings (SSSR count). The van der Waals surface area contributed by atoms with Crippen LogP contribution in [0.5, 0.6) is 11.5 Å². The minimum atomic E-state index is -0.922. The van der Waals surface area contributed by atoms with E-state index in [1.165, 1.54) is 0 Å². The summed E-state index contributed by atoms with van der Waals surface area (Å²) in [6, 6.07) is 17.5. The van der Waals surface area contributed by atoms with Crippen molar-refractivity contribution < 1.29 is 29.3 Å². The molecule has 214 valence electrons. The average Bonchev–Trinajstić information content (AvgIpc) is 2.93. The van der Waals surface area contributed by atoms with Gasteiger partial charge in [-0.05, 0) is 90.7 Å². The second kappa shape index (κ2) is 16.0. The fourth-order valence-electron chi connectivity index (χ4n) is 3.52. The van der Waals surface area contributed by atoms with Gasteiger partial charge in [-0.1, -0.05) is 65.1 Å². The van der Waals surface area contributed by atoms with E-state index in [1.807, 2.05) is 50.3 Å². The van der Waals surface area contributed by atoms with Crippen molar-refractivity contribution in [3.05, 3.63) is 116 Å². The molecule has 0 amide bonds. The number of carbonyl (C=O) groups is 2. The lowest BCUT2D eigenvalue weighted by Gasteiger charge is -2.07. The first-order chi connectivity index (χ1) is 20.1. The topological polar surface area (TPSA) is 93.1 Å². The number of aliphatic carboxylic acids is 2. The molecule has 0 aliphatic rings. The molecule has 0 saturated heterocycles. The number of allylic oxidation sites excluding steroid dienone is 2. The quantitative estimate of drug-likeness (QED) is 0.243. The molecule has 0 unspecified atom stereocenters. The first kappa shape index (κ1) is 31.9. The van der Waals surface area contributed by atoms with Gasteiger partial charge in [0.05, 0.1) is 22.9 Å². The summed E-state index contributed by atoms with van der Waals surface area (Å²) < 4.78 is 11.4. The van der Waals surface area contributed by atoms with Crippen LogP contribution in [-0.2, 0) is 22.4 Å². The van der Waals surface area contributed by atoms with Gasteiger partial charge in [-0.2, -0.15) is 0 Å². The molecule has 0 spiro atoms. The molecule has 0 fully saturated rings. The molecule has 0 aliphatic heterocycles. The molecule has 2 N–H and O–H groups in total. The Morgan fingerprint density at radius 3 is 1.52 bits per heavy atom. The molecular weight excluding hydrogens is 575 g/mol. The van der Waals surface area contributed by atoms with Crippen LogP contribution in [-0.4, -0.2) is 35.4 Å². The Labute approximate surface area is 255 Å². The van der Waals surface area contributed by atoms with Crippen LogP contribution in [0, 0.1) is 23.7 Å². The van der Waals surface area contributed by atoms with Crippen LogP contribution < -0.4 is 9.47 Å². The van der Waals surface area contributed by atoms with Gasteiger partial charge >= 0.3 is 11.9 Å². The molecule has 6 nitrogen and oxygen atoms in total. The maximum Gasteiger partial charge on any atom is 0.307 e. The van der Waals surface area contributed by atoms with Gasteiger partial charge in [0.15, 0.2) is 0 Å². The van der Waals surface area contributed by atoms with Crippen molar-refractivity contribution in [2.45, 2.75) is 26.7 Å². The lowest BCUT2D eigenvalue weighted by Crippen LogP contribution is -2.01. The molecule has 0 saturated carbocycles. The number of halogens is 2. The maximum absolute atomic E-state index is 10.8. The Morgan fingerprint density at radius 1 is 0.714 bits per heavy atom. The molecule has 0 aromatic heterocycles. The molecule has 8 heteroatoms. The largest absolute Gasteiger partial charge is 0.488 e. The second-order valence-corrected chi connectivity index (χ2v) is 9.96. The van der Waals surface area contributed by atoms with E-state index >= 15 is 0 Å². The van der Waals surface area contributed by atoms with Crippen molar-refractivity contribution in [1.29, 1.82) is 0 Å². The summed E-state index contributed by atoms with van der Waals surface area (Å²) in [5.41, 5.74) is 4.49. The van der Waals surface area contributed by atoms with Crippen LogP contribution in [0.15, 0.2) is 84.0 Å². The molecule has 3 aromatic carbocycles. The van der Waals surface area contributed by atoms with Crippen LogP contribution in [0.3, 0.4) is 0 Å². The molecule has 42 heavy (non-hydrogen) atoms. The Balaban J connectivity index is 1.54. The summed E-state index contributed by atoms with van der Waals surface area (Å²) in [6.45, 7) is 4.29. The third kappa shape index (κ3) is 11.1. The molecular formula is C34H28Cl2O6. The summed E-state index contributed by atoms with van der Waals surface area (Å²) in [6.07, 6.45) is 3.48. The van der Waals surface area contributed by atoms with Gasteiger partial charge in [-0.3, -0.25) is 9.59 Å². The Kier molecular flexibility index (Phi) is 12.1. The summed E-state index contributed by atoms with van der Waals surface area (Å²) in [4.78, 5) is 21.7. The van der Waals surface area contributed by atoms with Crippen molar-refractivity contribution >= 4 is 35.1 Å². The van der Waals surface area contributed by atoms with Crippen LogP contribution >= 0.6 is 23.2 Å². The van der Waals surface area contributed by atoms with Crippen molar-refractivity contribution in [2.75, 3.05) is 13.2 Å². The summed E-state index contributed by atoms with van der Waals surface area (Å²) in [5, 5.41) is 18.5. The second-order valence-electron chi connectivity index (χ2n) is 9.15. The predicted molar refractivity (Wildman–Crippen MR) is 164 cm³/mol. The number of carboxylic acid groups (broad SMARTS) is 2. The number of rotatable bonds is 10. The lowest BCUT2D eigenvalue weighted by molar-refractivity contribution is -0.137. The lowest BCUT2D eigenvalue weighted by atomic mass is 10.1. The van der Waals surface area contributed by atoms with Crippen molar-refractivity contribution in [3.63, 3.8) is 0 Å². The molecule has 0 radical (unpaired) electrons. The van der Waals surface area contributed by atoms with Gasteiger partial charge in [0.25, 0.3) is 0 Å². The van der Waals surface area contributed by atoms with E-state index in [4.69, 9.17) is 42.9 Å². The van der Waals surface area contributed by atoms with Gasteiger partial charge in [-0.25, -0.2) is 0 Å². The van der Waals surface area contributed by atoms with Crippen molar-refractivity contribution in [3.8, 4) is 35.2 Å². The first-order valence-corrected chi connectivity index (χ1v) is 13.6. The fourth-order valence-corrected chi connectivity index (χ4v) is 4.04. The van der Waals surface area contributed by atoms with E-state index < -0.39 is 11.9 Å². The molecule has 0 bridgehead atoms. The number of benzene rings is 3. The van der Waals surface area contributed by atoms with Crippen LogP contribution in [0.1, 0.15) is 36.1 Å². The summed E-state index contributed by atoms with van der Waals surface area (Å²) >= 11 is 12.4. The first-order valence-electron chi connectivity index (χ1n) is 12.8. The number of ether oxygens (including phenoxy) is 2. The van der Waals surface area contributed by atoms with Gasteiger partial charge in [0.2, 0.25) is 0 Å². The van der Waals surface area contributed by atoms with Gasteiger partial charge in [0, 0.05) is 11.1 Å². The third-order valence-corrected chi connectivity index (χ3v) is 6.22. The van der Waals surface area contributed by atoms with Crippen LogP contribution in [0.4, 0.5) is 0 Å². The predicted octanol–water partition coefficient (Wildman–Crippen LogP) is 7.00. The number of hydrogen-bond donors (Lipinski definition) is 2. The fraction of sp³-hybridized carbons (Fsp3) is 0.176. The third-order valence-electron chi connectivity index (χ3n) is 5.63. The monoisotopic (exact) mass is 602 g/mol. The zero-order chi connectivity index (χ0) is 30.5. The van der Waals surface area contributed by atoms with E-state index in [0.29, 0.717) is 32.7 Å². The van der Waals surface area contributed by atoms with Crippen LogP contribution in [0.25, 0.3) is 0 Å². The highest BCUT2D eigenvalue weighted by Gasteiger charge is 2.07. The standard InChI is InChI=1S/C34H28Cl2O6/c1-23(14-16-41-31-12-10-27(19-29(31)35)21-33(37)38)6-8-25-4-3-5-26(18-25)9-7-24(2)15-17-42-32-13-11-28(20-30(32)36)22-34(39)40/h3-5,10-15,18-20H,16-17,21-22H2,1-2H3,(H,37,38)(H,39,40). The minimum absolute atomic E-state index is 0.0996. The molecule has 0 aliphatic carbocycles. The number of carboxylic acids is 2. The SMILES string of the molecule is CC(C#Cc1cccc(C#CC(C)=CCOc2ccc(CC(=O)O)cc2Cl)c1)=CCOc1ccc(CC(=O)O)cc1Cl. The zero-order valence-corrected chi connectivity index (χ0v) is 24.6. The Morgan fingerprint density at radius 2 is 1.14 bits per heavy atom. The van der Waals surface area contributed by atoms with Gasteiger partial charge < -0.3 is 19.7 Å². The zero-order valence-electron chi connectivity index (χ0n) is 23.0. The van der Waals surface area contributed by atoms with E-state index in [9.17, 15) is 9.59 Å². The molecule has 0 atom stereocenters. The highest BCUT2D eigenvalue weighted by molar-refractivity contribution is 6.32. The van der Waals surface area contributed by atoms with Gasteiger partial charge in [0.1, 0.15) is 24.7 Å². The normalized spacial score (nSPS) is 11.0. The van der Waals surface area contributed by atoms with Crippen LogP contribution in [0.2, 0.25) is 10.0 Å². The maximum atomic E-state index is 10.8.